The number of anilines is 1. The molecule has 2 aromatic heterocycles. The molecule has 4 heterocycles. The third kappa shape index (κ3) is 2.68. The van der Waals surface area contributed by atoms with Crippen LogP contribution in [0.1, 0.15) is 24.5 Å². The number of rotatable bonds is 3. The highest BCUT2D eigenvalue weighted by molar-refractivity contribution is 5.29. The average molecular weight is 299 g/mol. The molecule has 0 bridgehead atoms. The summed E-state index contributed by atoms with van der Waals surface area (Å²) >= 11 is 0. The summed E-state index contributed by atoms with van der Waals surface area (Å²) in [4.78, 5) is 13.4. The van der Waals surface area contributed by atoms with Crippen molar-refractivity contribution < 1.29 is 0 Å². The Morgan fingerprint density at radius 2 is 1.73 bits per heavy atom. The molecular weight excluding hydrogens is 278 g/mol. The van der Waals surface area contributed by atoms with Crippen LogP contribution >= 0.6 is 0 Å². The lowest BCUT2D eigenvalue weighted by Gasteiger charge is -2.19. The van der Waals surface area contributed by atoms with Gasteiger partial charge in [-0.1, -0.05) is 0 Å². The maximum atomic E-state index is 4.42. The molecule has 2 aliphatic rings. The van der Waals surface area contributed by atoms with E-state index < -0.39 is 0 Å². The molecule has 22 heavy (non-hydrogen) atoms. The van der Waals surface area contributed by atoms with Crippen LogP contribution in [0, 0.1) is 0 Å². The van der Waals surface area contributed by atoms with E-state index >= 15 is 0 Å². The van der Waals surface area contributed by atoms with Gasteiger partial charge in [0.1, 0.15) is 11.6 Å². The molecule has 0 radical (unpaired) electrons. The third-order valence-corrected chi connectivity index (χ3v) is 4.50. The molecule has 0 spiro atoms. The standard InChI is InChI=1S/C15H21N7/c1-2-8-20(7-1)12-14-19-18-13-4-9-21(10-11-22(13)14)15-16-5-3-6-17-15/h3,5-6H,1-2,4,7-12H2. The minimum absolute atomic E-state index is 0.808. The van der Waals surface area contributed by atoms with E-state index in [2.05, 4.69) is 34.5 Å². The maximum Gasteiger partial charge on any atom is 0.225 e. The van der Waals surface area contributed by atoms with Crippen molar-refractivity contribution in [1.82, 2.24) is 29.6 Å². The van der Waals surface area contributed by atoms with Gasteiger partial charge in [0.2, 0.25) is 5.95 Å². The normalized spacial score (nSPS) is 19.2. The summed E-state index contributed by atoms with van der Waals surface area (Å²) in [6, 6.07) is 1.85. The Kier molecular flexibility index (Phi) is 3.72. The summed E-state index contributed by atoms with van der Waals surface area (Å²) in [6.07, 6.45) is 7.10. The van der Waals surface area contributed by atoms with Gasteiger partial charge >= 0.3 is 0 Å². The minimum Gasteiger partial charge on any atom is -0.339 e. The number of aromatic nitrogens is 5. The predicted molar refractivity (Wildman–Crippen MR) is 82.5 cm³/mol. The predicted octanol–water partition coefficient (Wildman–Crippen LogP) is 0.727. The first-order valence-corrected chi connectivity index (χ1v) is 8.05. The van der Waals surface area contributed by atoms with E-state index in [1.165, 1.54) is 25.9 Å². The van der Waals surface area contributed by atoms with Crippen LogP contribution in [0.5, 0.6) is 0 Å². The molecule has 0 aromatic carbocycles. The van der Waals surface area contributed by atoms with Crippen LogP contribution in [-0.4, -0.2) is 55.8 Å². The molecule has 0 amide bonds. The molecule has 0 N–H and O–H groups in total. The number of fused-ring (bicyclic) bond motifs is 1. The molecule has 7 heteroatoms. The highest BCUT2D eigenvalue weighted by Crippen LogP contribution is 2.16. The van der Waals surface area contributed by atoms with E-state index in [9.17, 15) is 0 Å². The molecule has 0 saturated carbocycles. The zero-order valence-electron chi connectivity index (χ0n) is 12.7. The van der Waals surface area contributed by atoms with Gasteiger partial charge in [0.15, 0.2) is 0 Å². The SMILES string of the molecule is c1cnc(N2CCc3nnc(CN4CCCC4)n3CC2)nc1. The van der Waals surface area contributed by atoms with Crippen molar-refractivity contribution in [1.29, 1.82) is 0 Å². The molecule has 116 valence electrons. The van der Waals surface area contributed by atoms with Gasteiger partial charge in [-0.3, -0.25) is 4.90 Å². The minimum atomic E-state index is 0.808. The molecule has 0 aliphatic carbocycles. The average Bonchev–Trinajstić information content (AvgIpc) is 3.15. The van der Waals surface area contributed by atoms with Crippen LogP contribution in [0.25, 0.3) is 0 Å². The van der Waals surface area contributed by atoms with Gasteiger partial charge in [0, 0.05) is 38.4 Å². The van der Waals surface area contributed by atoms with Crippen LogP contribution in [0.3, 0.4) is 0 Å². The largest absolute Gasteiger partial charge is 0.339 e. The van der Waals surface area contributed by atoms with Crippen molar-refractivity contribution in [3.05, 3.63) is 30.1 Å². The van der Waals surface area contributed by atoms with Crippen molar-refractivity contribution in [2.24, 2.45) is 0 Å². The van der Waals surface area contributed by atoms with Gasteiger partial charge in [-0.05, 0) is 32.0 Å². The smallest absolute Gasteiger partial charge is 0.225 e. The fourth-order valence-electron chi connectivity index (χ4n) is 3.30. The van der Waals surface area contributed by atoms with Crippen molar-refractivity contribution in [2.45, 2.75) is 32.4 Å². The second kappa shape index (κ2) is 6.00. The first-order valence-electron chi connectivity index (χ1n) is 8.05. The van der Waals surface area contributed by atoms with Crippen LogP contribution in [0.15, 0.2) is 18.5 Å². The van der Waals surface area contributed by atoms with E-state index in [-0.39, 0.29) is 0 Å². The van der Waals surface area contributed by atoms with Crippen LogP contribution in [0.2, 0.25) is 0 Å². The molecule has 0 unspecified atom stereocenters. The number of likely N-dealkylation sites (tertiary alicyclic amines) is 1. The van der Waals surface area contributed by atoms with Gasteiger partial charge in [0.25, 0.3) is 0 Å². The summed E-state index contributed by atoms with van der Waals surface area (Å²) in [7, 11) is 0. The van der Waals surface area contributed by atoms with Crippen molar-refractivity contribution in [3.8, 4) is 0 Å². The first-order chi connectivity index (χ1) is 10.9. The summed E-state index contributed by atoms with van der Waals surface area (Å²) in [5, 5.41) is 8.83. The fraction of sp³-hybridized carbons (Fsp3) is 0.600. The summed E-state index contributed by atoms with van der Waals surface area (Å²) in [5.41, 5.74) is 0. The van der Waals surface area contributed by atoms with Gasteiger partial charge < -0.3 is 9.47 Å². The van der Waals surface area contributed by atoms with E-state index in [1.807, 2.05) is 6.07 Å². The summed E-state index contributed by atoms with van der Waals surface area (Å²) < 4.78 is 2.29. The Hall–Kier alpha value is -2.02. The molecule has 1 fully saturated rings. The van der Waals surface area contributed by atoms with E-state index in [0.29, 0.717) is 0 Å². The van der Waals surface area contributed by atoms with Crippen LogP contribution in [0.4, 0.5) is 5.95 Å². The Bertz CT molecular complexity index is 618. The second-order valence-electron chi connectivity index (χ2n) is 5.95. The Balaban J connectivity index is 1.49. The highest BCUT2D eigenvalue weighted by atomic mass is 15.3. The van der Waals surface area contributed by atoms with Gasteiger partial charge in [0.05, 0.1) is 6.54 Å². The molecule has 4 rings (SSSR count). The molecular formula is C15H21N7. The molecule has 2 aliphatic heterocycles. The highest BCUT2D eigenvalue weighted by Gasteiger charge is 2.22. The summed E-state index contributed by atoms with van der Waals surface area (Å²) in [6.45, 7) is 6.00. The number of hydrogen-bond acceptors (Lipinski definition) is 6. The molecule has 2 aromatic rings. The number of hydrogen-bond donors (Lipinski definition) is 0. The zero-order chi connectivity index (χ0) is 14.8. The Morgan fingerprint density at radius 3 is 2.55 bits per heavy atom. The fourth-order valence-corrected chi connectivity index (χ4v) is 3.30. The second-order valence-corrected chi connectivity index (χ2v) is 5.95. The third-order valence-electron chi connectivity index (χ3n) is 4.50. The quantitative estimate of drug-likeness (QED) is 0.832. The van der Waals surface area contributed by atoms with Gasteiger partial charge in [-0.15, -0.1) is 10.2 Å². The van der Waals surface area contributed by atoms with Crippen molar-refractivity contribution in [3.63, 3.8) is 0 Å². The molecule has 0 atom stereocenters. The molecule has 1 saturated heterocycles. The van der Waals surface area contributed by atoms with Gasteiger partial charge in [-0.25, -0.2) is 9.97 Å². The monoisotopic (exact) mass is 299 g/mol. The zero-order valence-corrected chi connectivity index (χ0v) is 12.7. The van der Waals surface area contributed by atoms with Crippen LogP contribution < -0.4 is 4.90 Å². The maximum absolute atomic E-state index is 4.42. The van der Waals surface area contributed by atoms with Crippen molar-refractivity contribution >= 4 is 5.95 Å². The molecule has 7 nitrogen and oxygen atoms in total. The van der Waals surface area contributed by atoms with E-state index in [1.54, 1.807) is 12.4 Å². The lowest BCUT2D eigenvalue weighted by atomic mass is 10.4. The van der Waals surface area contributed by atoms with Crippen LogP contribution in [-0.2, 0) is 19.5 Å². The van der Waals surface area contributed by atoms with E-state index in [0.717, 1.165) is 50.2 Å². The summed E-state index contributed by atoms with van der Waals surface area (Å²) in [5.74, 6) is 3.00. The Labute approximate surface area is 130 Å². The van der Waals surface area contributed by atoms with E-state index in [4.69, 9.17) is 0 Å². The lowest BCUT2D eigenvalue weighted by molar-refractivity contribution is 0.316. The topological polar surface area (TPSA) is 63.0 Å². The lowest BCUT2D eigenvalue weighted by Crippen LogP contribution is -2.29. The van der Waals surface area contributed by atoms with Crippen molar-refractivity contribution in [2.75, 3.05) is 31.1 Å². The van der Waals surface area contributed by atoms with Gasteiger partial charge in [-0.2, -0.15) is 0 Å². The Morgan fingerprint density at radius 1 is 0.909 bits per heavy atom. The first kappa shape index (κ1) is 13.6. The number of nitrogens with zero attached hydrogens (tertiary/aromatic N) is 7.